The second-order valence-electron chi connectivity index (χ2n) is 11.3. The second-order valence-corrected chi connectivity index (χ2v) is 11.3. The Kier molecular flexibility index (Phi) is 7.94. The summed E-state index contributed by atoms with van der Waals surface area (Å²) in [5, 5.41) is 0. The Morgan fingerprint density at radius 3 is 2.00 bits per heavy atom. The molecule has 1 aliphatic carbocycles. The van der Waals surface area contributed by atoms with E-state index in [9.17, 15) is 4.79 Å². The van der Waals surface area contributed by atoms with Crippen LogP contribution in [0.5, 0.6) is 0 Å². The SMILES string of the molecule is O=C1C2=CC(F)(N3CCN(CCC(c4ccccc4)c4ccccc4)CC3)CC=C2CCN1Cc1ccccc1. The van der Waals surface area contributed by atoms with E-state index in [0.717, 1.165) is 43.6 Å². The number of nitrogens with zero attached hydrogens (tertiary/aromatic N) is 3. The lowest BCUT2D eigenvalue weighted by atomic mass is 9.86. The Bertz CT molecular complexity index is 1310. The average molecular weight is 536 g/mol. The summed E-state index contributed by atoms with van der Waals surface area (Å²) in [6, 6.07) is 31.5. The fraction of sp³-hybridized carbons (Fsp3) is 0.343. The molecular weight excluding hydrogens is 497 g/mol. The molecular formula is C35H38FN3O. The van der Waals surface area contributed by atoms with Crippen molar-refractivity contribution in [1.82, 2.24) is 14.7 Å². The second kappa shape index (κ2) is 11.9. The first-order valence-corrected chi connectivity index (χ1v) is 14.6. The van der Waals surface area contributed by atoms with Crippen molar-refractivity contribution in [3.8, 4) is 0 Å². The lowest BCUT2D eigenvalue weighted by Crippen LogP contribution is -2.55. The molecule has 1 atom stereocenters. The molecule has 2 fully saturated rings. The quantitative estimate of drug-likeness (QED) is 0.322. The van der Waals surface area contributed by atoms with Crippen LogP contribution in [0.2, 0.25) is 0 Å². The number of piperazine rings is 1. The van der Waals surface area contributed by atoms with Gasteiger partial charge in [0.15, 0.2) is 5.79 Å². The zero-order valence-corrected chi connectivity index (χ0v) is 23.1. The summed E-state index contributed by atoms with van der Waals surface area (Å²) in [4.78, 5) is 19.7. The first kappa shape index (κ1) is 26.7. The highest BCUT2D eigenvalue weighted by atomic mass is 19.1. The van der Waals surface area contributed by atoms with Crippen molar-refractivity contribution in [3.63, 3.8) is 0 Å². The van der Waals surface area contributed by atoms with Crippen LogP contribution >= 0.6 is 0 Å². The highest BCUT2D eigenvalue weighted by molar-refractivity contribution is 5.99. The van der Waals surface area contributed by atoms with Gasteiger partial charge in [-0.1, -0.05) is 97.1 Å². The lowest BCUT2D eigenvalue weighted by Gasteiger charge is -2.44. The number of hydrogen-bond donors (Lipinski definition) is 0. The van der Waals surface area contributed by atoms with Crippen LogP contribution in [-0.4, -0.2) is 65.7 Å². The molecule has 0 N–H and O–H groups in total. The Hall–Kier alpha value is -3.54. The highest BCUT2D eigenvalue weighted by Gasteiger charge is 2.41. The van der Waals surface area contributed by atoms with E-state index in [1.807, 2.05) is 46.2 Å². The molecule has 1 amide bonds. The summed E-state index contributed by atoms with van der Waals surface area (Å²) in [5.74, 6) is -1.31. The van der Waals surface area contributed by atoms with Crippen LogP contribution < -0.4 is 0 Å². The van der Waals surface area contributed by atoms with Gasteiger partial charge in [0.1, 0.15) is 0 Å². The summed E-state index contributed by atoms with van der Waals surface area (Å²) in [7, 11) is 0. The normalized spacial score (nSPS) is 22.1. The highest BCUT2D eigenvalue weighted by Crippen LogP contribution is 2.38. The molecule has 6 rings (SSSR count). The molecule has 1 unspecified atom stereocenters. The van der Waals surface area contributed by atoms with Gasteiger partial charge in [-0.05, 0) is 47.7 Å². The van der Waals surface area contributed by atoms with Gasteiger partial charge < -0.3 is 9.80 Å². The third-order valence-corrected chi connectivity index (χ3v) is 8.77. The molecule has 3 aliphatic rings. The van der Waals surface area contributed by atoms with Crippen LogP contribution in [0.25, 0.3) is 0 Å². The van der Waals surface area contributed by atoms with Gasteiger partial charge in [-0.2, -0.15) is 0 Å². The number of likely N-dealkylation sites (tertiary alicyclic amines) is 1. The number of hydrogen-bond acceptors (Lipinski definition) is 3. The van der Waals surface area contributed by atoms with E-state index in [4.69, 9.17) is 0 Å². The maximum atomic E-state index is 16.5. The zero-order chi connectivity index (χ0) is 27.4. The monoisotopic (exact) mass is 535 g/mol. The number of rotatable bonds is 8. The molecule has 3 aromatic carbocycles. The van der Waals surface area contributed by atoms with Gasteiger partial charge in [0.2, 0.25) is 0 Å². The van der Waals surface area contributed by atoms with Gasteiger partial charge in [-0.15, -0.1) is 0 Å². The Balaban J connectivity index is 1.08. The molecule has 40 heavy (non-hydrogen) atoms. The number of benzene rings is 3. The van der Waals surface area contributed by atoms with Gasteiger partial charge >= 0.3 is 0 Å². The van der Waals surface area contributed by atoms with E-state index in [-0.39, 0.29) is 5.91 Å². The van der Waals surface area contributed by atoms with Crippen molar-refractivity contribution in [2.24, 2.45) is 0 Å². The largest absolute Gasteiger partial charge is 0.334 e. The fourth-order valence-corrected chi connectivity index (χ4v) is 6.44. The predicted octanol–water partition coefficient (Wildman–Crippen LogP) is 6.18. The molecule has 0 spiro atoms. The maximum Gasteiger partial charge on any atom is 0.254 e. The van der Waals surface area contributed by atoms with E-state index < -0.39 is 5.79 Å². The van der Waals surface area contributed by atoms with E-state index in [1.165, 1.54) is 11.1 Å². The minimum Gasteiger partial charge on any atom is -0.334 e. The number of carbonyl (C=O) groups excluding carboxylic acids is 1. The van der Waals surface area contributed by atoms with E-state index >= 15 is 4.39 Å². The number of piperidine rings is 1. The number of carbonyl (C=O) groups is 1. The number of alkyl halides is 1. The van der Waals surface area contributed by atoms with Gasteiger partial charge in [-0.3, -0.25) is 9.69 Å². The van der Waals surface area contributed by atoms with Crippen molar-refractivity contribution in [2.75, 3.05) is 39.3 Å². The standard InChI is InChI=1S/C35H38FN3O/c36-35(19-16-31-17-21-38(34(40)33(31)26-35)27-28-10-4-1-5-11-28)39-24-22-37(23-25-39)20-18-32(29-12-6-2-7-13-29)30-14-8-3-9-15-30/h1-16,26,32H,17-25,27H2. The third-order valence-electron chi connectivity index (χ3n) is 8.77. The van der Waals surface area contributed by atoms with Gasteiger partial charge in [-0.25, -0.2) is 4.39 Å². The Labute approximate surface area is 237 Å². The van der Waals surface area contributed by atoms with Crippen molar-refractivity contribution >= 4 is 5.91 Å². The summed E-state index contributed by atoms with van der Waals surface area (Å²) >= 11 is 0. The predicted molar refractivity (Wildman–Crippen MR) is 158 cm³/mol. The summed E-state index contributed by atoms with van der Waals surface area (Å²) in [6.07, 6.45) is 5.75. The minimum atomic E-state index is -1.60. The van der Waals surface area contributed by atoms with Gasteiger partial charge in [0.05, 0.1) is 0 Å². The number of halogens is 1. The molecule has 2 saturated heterocycles. The van der Waals surface area contributed by atoms with Crippen LogP contribution in [0.4, 0.5) is 4.39 Å². The summed E-state index contributed by atoms with van der Waals surface area (Å²) in [6.45, 7) is 5.20. The first-order chi connectivity index (χ1) is 19.6. The topological polar surface area (TPSA) is 26.8 Å². The van der Waals surface area contributed by atoms with Crippen LogP contribution in [0, 0.1) is 0 Å². The molecule has 206 valence electrons. The average Bonchev–Trinajstić information content (AvgIpc) is 3.01. The van der Waals surface area contributed by atoms with Crippen LogP contribution in [0.3, 0.4) is 0 Å². The van der Waals surface area contributed by atoms with E-state index in [2.05, 4.69) is 65.6 Å². The molecule has 0 saturated carbocycles. The smallest absolute Gasteiger partial charge is 0.254 e. The van der Waals surface area contributed by atoms with Crippen LogP contribution in [0.15, 0.2) is 114 Å². The van der Waals surface area contributed by atoms with Gasteiger partial charge in [0, 0.05) is 57.2 Å². The Morgan fingerprint density at radius 1 is 0.775 bits per heavy atom. The van der Waals surface area contributed by atoms with Crippen molar-refractivity contribution in [3.05, 3.63) is 131 Å². The van der Waals surface area contributed by atoms with Crippen LogP contribution in [-0.2, 0) is 11.3 Å². The molecule has 0 bridgehead atoms. The van der Waals surface area contributed by atoms with Gasteiger partial charge in [0.25, 0.3) is 5.91 Å². The molecule has 5 heteroatoms. The van der Waals surface area contributed by atoms with Crippen molar-refractivity contribution < 1.29 is 9.18 Å². The summed E-state index contributed by atoms with van der Waals surface area (Å²) < 4.78 is 16.5. The molecule has 0 radical (unpaired) electrons. The zero-order valence-electron chi connectivity index (χ0n) is 23.1. The molecule has 0 aromatic heterocycles. The van der Waals surface area contributed by atoms with Crippen LogP contribution in [0.1, 0.15) is 41.9 Å². The lowest BCUT2D eigenvalue weighted by molar-refractivity contribution is -0.128. The third kappa shape index (κ3) is 5.81. The van der Waals surface area contributed by atoms with Crippen molar-refractivity contribution in [2.45, 2.75) is 37.5 Å². The Morgan fingerprint density at radius 2 is 1.38 bits per heavy atom. The fourth-order valence-electron chi connectivity index (χ4n) is 6.44. The molecule has 4 nitrogen and oxygen atoms in total. The van der Waals surface area contributed by atoms with E-state index in [0.29, 0.717) is 44.1 Å². The molecule has 2 aliphatic heterocycles. The van der Waals surface area contributed by atoms with Crippen molar-refractivity contribution in [1.29, 1.82) is 0 Å². The molecule has 2 heterocycles. The maximum absolute atomic E-state index is 16.5. The molecule has 3 aromatic rings. The number of amides is 1. The first-order valence-electron chi connectivity index (χ1n) is 14.6. The summed E-state index contributed by atoms with van der Waals surface area (Å²) in [5.41, 5.74) is 5.35. The minimum absolute atomic E-state index is 0.0467. The number of fused-ring (bicyclic) bond motifs is 1. The van der Waals surface area contributed by atoms with E-state index in [1.54, 1.807) is 6.08 Å².